The van der Waals surface area contributed by atoms with E-state index in [0.717, 1.165) is 0 Å². The van der Waals surface area contributed by atoms with Crippen LogP contribution in [-0.4, -0.2) is 49.0 Å². The van der Waals surface area contributed by atoms with Gasteiger partial charge in [0.15, 0.2) is 9.84 Å². The minimum absolute atomic E-state index is 0.294. The van der Waals surface area contributed by atoms with Gasteiger partial charge in [0.1, 0.15) is 5.88 Å². The quantitative estimate of drug-likeness (QED) is 0.837. The number of amides is 1. The maximum Gasteiger partial charge on any atom is 0.242 e. The molecule has 8 heteroatoms. The van der Waals surface area contributed by atoms with E-state index in [0.29, 0.717) is 10.7 Å². The molecule has 1 N–H and O–H groups in total. The minimum Gasteiger partial charge on any atom is -0.390 e. The summed E-state index contributed by atoms with van der Waals surface area (Å²) < 4.78 is 23.2. The normalized spacial score (nSPS) is 24.6. The molecule has 0 spiro atoms. The number of anilines is 1. The lowest BCUT2D eigenvalue weighted by molar-refractivity contribution is -0.117. The molecule has 0 bridgehead atoms. The molecule has 0 radical (unpaired) electrons. The van der Waals surface area contributed by atoms with Crippen LogP contribution in [0.2, 0.25) is 5.02 Å². The average Bonchev–Trinajstić information content (AvgIpc) is 2.65. The Morgan fingerprint density at radius 1 is 1.35 bits per heavy atom. The van der Waals surface area contributed by atoms with Crippen LogP contribution < -0.4 is 4.90 Å². The first-order valence-corrected chi connectivity index (χ1v) is 8.60. The van der Waals surface area contributed by atoms with Crippen molar-refractivity contribution >= 4 is 44.6 Å². The Morgan fingerprint density at radius 2 is 2.00 bits per heavy atom. The molecule has 1 aliphatic rings. The molecule has 1 aliphatic heterocycles. The van der Waals surface area contributed by atoms with Crippen molar-refractivity contribution < 1.29 is 18.3 Å². The molecule has 2 atom stereocenters. The average molecular weight is 338 g/mol. The van der Waals surface area contributed by atoms with E-state index in [1.165, 1.54) is 4.90 Å². The fourth-order valence-corrected chi connectivity index (χ4v) is 4.39. The number of sulfone groups is 1. The lowest BCUT2D eigenvalue weighted by Crippen LogP contribution is -2.47. The van der Waals surface area contributed by atoms with Gasteiger partial charge in [0.2, 0.25) is 5.91 Å². The van der Waals surface area contributed by atoms with Crippen molar-refractivity contribution in [3.05, 3.63) is 29.3 Å². The number of hydrogen-bond acceptors (Lipinski definition) is 4. The number of nitrogens with zero attached hydrogens (tertiary/aromatic N) is 1. The maximum atomic E-state index is 12.0. The van der Waals surface area contributed by atoms with Crippen LogP contribution in [-0.2, 0) is 14.6 Å². The van der Waals surface area contributed by atoms with E-state index in [1.54, 1.807) is 24.3 Å². The second-order valence-corrected chi connectivity index (χ2v) is 7.39. The van der Waals surface area contributed by atoms with E-state index in [1.807, 2.05) is 0 Å². The van der Waals surface area contributed by atoms with E-state index >= 15 is 0 Å². The Kier molecular flexibility index (Phi) is 4.59. The van der Waals surface area contributed by atoms with Crippen LogP contribution in [0.1, 0.15) is 0 Å². The number of carbonyl (C=O) groups is 1. The van der Waals surface area contributed by atoms with Crippen LogP contribution in [0.3, 0.4) is 0 Å². The molecule has 0 aliphatic carbocycles. The number of aliphatic hydroxyl groups is 1. The molecule has 1 aromatic carbocycles. The first kappa shape index (κ1) is 15.6. The summed E-state index contributed by atoms with van der Waals surface area (Å²) in [4.78, 5) is 13.2. The number of para-hydroxylation sites is 1. The van der Waals surface area contributed by atoms with Gasteiger partial charge in [-0.1, -0.05) is 23.7 Å². The zero-order valence-corrected chi connectivity index (χ0v) is 12.7. The molecule has 1 saturated heterocycles. The van der Waals surface area contributed by atoms with Gasteiger partial charge in [-0.3, -0.25) is 4.79 Å². The van der Waals surface area contributed by atoms with Crippen LogP contribution in [0.4, 0.5) is 5.69 Å². The second kappa shape index (κ2) is 5.89. The largest absolute Gasteiger partial charge is 0.390 e. The summed E-state index contributed by atoms with van der Waals surface area (Å²) in [6.45, 7) is 0. The number of rotatable bonds is 3. The number of benzene rings is 1. The molecule has 0 aromatic heterocycles. The highest BCUT2D eigenvalue weighted by molar-refractivity contribution is 7.91. The third-order valence-corrected chi connectivity index (χ3v) is 5.37. The van der Waals surface area contributed by atoms with Crippen molar-refractivity contribution in [1.82, 2.24) is 0 Å². The number of halogens is 2. The summed E-state index contributed by atoms with van der Waals surface area (Å²) in [7, 11) is -3.38. The Bertz CT molecular complexity index is 620. The topological polar surface area (TPSA) is 74.7 Å². The predicted octanol–water partition coefficient (Wildman–Crippen LogP) is 1.07. The molecule has 2 rings (SSSR count). The fraction of sp³-hybridized carbons (Fsp3) is 0.417. The summed E-state index contributed by atoms with van der Waals surface area (Å²) in [6.07, 6.45) is -1.15. The molecule has 1 heterocycles. The number of aliphatic hydroxyl groups excluding tert-OH is 1. The Balaban J connectivity index is 2.45. The molecule has 1 amide bonds. The summed E-state index contributed by atoms with van der Waals surface area (Å²) in [5.41, 5.74) is 0.348. The molecule has 110 valence electrons. The third-order valence-electron chi connectivity index (χ3n) is 3.12. The van der Waals surface area contributed by atoms with E-state index in [2.05, 4.69) is 0 Å². The van der Waals surface area contributed by atoms with Crippen LogP contribution in [0.15, 0.2) is 24.3 Å². The first-order chi connectivity index (χ1) is 9.35. The second-order valence-electron chi connectivity index (χ2n) is 4.56. The zero-order chi connectivity index (χ0) is 14.9. The Labute approximate surface area is 127 Å². The standard InChI is InChI=1S/C12H13Cl2NO4S/c13-5-12(17)15(9-4-2-1-3-8(9)14)10-6-20(18,19)7-11(10)16/h1-4,10-11,16H,5-7H2/t10-,11+/m0/s1. The highest BCUT2D eigenvalue weighted by Crippen LogP contribution is 2.31. The SMILES string of the molecule is O=C(CCl)N(c1ccccc1Cl)[C@H]1CS(=O)(=O)C[C@H]1O. The molecule has 1 fully saturated rings. The van der Waals surface area contributed by atoms with Crippen LogP contribution in [0, 0.1) is 0 Å². The highest BCUT2D eigenvalue weighted by atomic mass is 35.5. The van der Waals surface area contributed by atoms with Gasteiger partial charge in [-0.25, -0.2) is 8.42 Å². The zero-order valence-electron chi connectivity index (χ0n) is 10.4. The van der Waals surface area contributed by atoms with Crippen molar-refractivity contribution in [1.29, 1.82) is 0 Å². The van der Waals surface area contributed by atoms with Crippen LogP contribution in [0.5, 0.6) is 0 Å². The molecule has 1 aromatic rings. The number of alkyl halides is 1. The highest BCUT2D eigenvalue weighted by Gasteiger charge is 2.42. The van der Waals surface area contributed by atoms with Crippen molar-refractivity contribution in [2.24, 2.45) is 0 Å². The Morgan fingerprint density at radius 3 is 2.50 bits per heavy atom. The van der Waals surface area contributed by atoms with Gasteiger partial charge in [-0.2, -0.15) is 0 Å². The van der Waals surface area contributed by atoms with E-state index < -0.39 is 27.9 Å². The van der Waals surface area contributed by atoms with Gasteiger partial charge >= 0.3 is 0 Å². The van der Waals surface area contributed by atoms with E-state index in [-0.39, 0.29) is 17.4 Å². The lowest BCUT2D eigenvalue weighted by atomic mass is 10.1. The van der Waals surface area contributed by atoms with Gasteiger partial charge in [0.05, 0.1) is 34.4 Å². The fourth-order valence-electron chi connectivity index (χ4n) is 2.27. The summed E-state index contributed by atoms with van der Waals surface area (Å²) in [6, 6.07) is 5.67. The van der Waals surface area contributed by atoms with Gasteiger partial charge in [0, 0.05) is 0 Å². The van der Waals surface area contributed by atoms with Gasteiger partial charge in [-0.15, -0.1) is 11.6 Å². The van der Waals surface area contributed by atoms with Gasteiger partial charge in [0.25, 0.3) is 0 Å². The van der Waals surface area contributed by atoms with E-state index in [4.69, 9.17) is 23.2 Å². The summed E-state index contributed by atoms with van der Waals surface area (Å²) in [5, 5.41) is 10.2. The molecular weight excluding hydrogens is 325 g/mol. The third kappa shape index (κ3) is 3.09. The summed E-state index contributed by atoms with van der Waals surface area (Å²) >= 11 is 11.6. The Hall–Kier alpha value is -0.820. The van der Waals surface area contributed by atoms with Crippen LogP contribution >= 0.6 is 23.2 Å². The molecule has 5 nitrogen and oxygen atoms in total. The molecule has 0 saturated carbocycles. The maximum absolute atomic E-state index is 12.0. The number of hydrogen-bond donors (Lipinski definition) is 1. The lowest BCUT2D eigenvalue weighted by Gasteiger charge is -2.30. The first-order valence-electron chi connectivity index (χ1n) is 5.87. The molecular formula is C12H13Cl2NO4S. The van der Waals surface area contributed by atoms with Crippen molar-refractivity contribution in [3.63, 3.8) is 0 Å². The number of carbonyl (C=O) groups excluding carboxylic acids is 1. The predicted molar refractivity (Wildman–Crippen MR) is 78.1 cm³/mol. The van der Waals surface area contributed by atoms with E-state index in [9.17, 15) is 18.3 Å². The minimum atomic E-state index is -3.38. The van der Waals surface area contributed by atoms with Gasteiger partial charge in [-0.05, 0) is 12.1 Å². The monoisotopic (exact) mass is 337 g/mol. The van der Waals surface area contributed by atoms with Crippen LogP contribution in [0.25, 0.3) is 0 Å². The van der Waals surface area contributed by atoms with Crippen molar-refractivity contribution in [2.45, 2.75) is 12.1 Å². The molecule has 20 heavy (non-hydrogen) atoms. The van der Waals surface area contributed by atoms with Crippen molar-refractivity contribution in [3.8, 4) is 0 Å². The van der Waals surface area contributed by atoms with Crippen molar-refractivity contribution in [2.75, 3.05) is 22.3 Å². The smallest absolute Gasteiger partial charge is 0.242 e. The van der Waals surface area contributed by atoms with Gasteiger partial charge < -0.3 is 10.0 Å². The molecule has 0 unspecified atom stereocenters. The summed E-state index contributed by atoms with van der Waals surface area (Å²) in [5.74, 6) is -1.49.